The van der Waals surface area contributed by atoms with E-state index < -0.39 is 0 Å². The molecule has 0 aliphatic heterocycles. The lowest BCUT2D eigenvalue weighted by molar-refractivity contribution is -0.384. The van der Waals surface area contributed by atoms with Crippen molar-refractivity contribution in [3.63, 3.8) is 0 Å². The van der Waals surface area contributed by atoms with Crippen LogP contribution in [0, 0.1) is 20.9 Å². The van der Waals surface area contributed by atoms with Gasteiger partial charge in [-0.15, -0.1) is 0 Å². The second kappa shape index (κ2) is 5.76. The van der Waals surface area contributed by atoms with Gasteiger partial charge < -0.3 is 5.32 Å². The van der Waals surface area contributed by atoms with E-state index in [1.54, 1.807) is 12.1 Å². The van der Waals surface area contributed by atoms with Gasteiger partial charge in [0, 0.05) is 24.7 Å². The number of nitro groups is 1. The Kier molecular flexibility index (Phi) is 4.38. The highest BCUT2D eigenvalue weighted by Gasteiger charge is 2.38. The highest BCUT2D eigenvalue weighted by atomic mass is 16.6. The number of nitrogens with one attached hydrogen (secondary N) is 1. The summed E-state index contributed by atoms with van der Waals surface area (Å²) in [6, 6.07) is 7.34. The summed E-state index contributed by atoms with van der Waals surface area (Å²) >= 11 is 0. The molecule has 4 nitrogen and oxygen atoms in total. The predicted molar refractivity (Wildman–Crippen MR) is 85.1 cm³/mol. The lowest BCUT2D eigenvalue weighted by atomic mass is 9.63. The lowest BCUT2D eigenvalue weighted by Crippen LogP contribution is -2.43. The molecule has 1 aromatic carbocycles. The van der Waals surface area contributed by atoms with E-state index in [0.29, 0.717) is 16.9 Å². The monoisotopic (exact) mass is 290 g/mol. The van der Waals surface area contributed by atoms with Crippen molar-refractivity contribution in [2.24, 2.45) is 10.8 Å². The van der Waals surface area contributed by atoms with E-state index >= 15 is 0 Å². The molecular formula is C17H26N2O2. The molecular weight excluding hydrogens is 264 g/mol. The molecule has 0 aromatic heterocycles. The van der Waals surface area contributed by atoms with Gasteiger partial charge in [-0.05, 0) is 35.7 Å². The number of nitrogens with zero attached hydrogens (tertiary/aromatic N) is 1. The van der Waals surface area contributed by atoms with Crippen LogP contribution in [0.3, 0.4) is 0 Å². The van der Waals surface area contributed by atoms with Gasteiger partial charge in [-0.25, -0.2) is 0 Å². The van der Waals surface area contributed by atoms with Gasteiger partial charge in [0.05, 0.1) is 4.92 Å². The van der Waals surface area contributed by atoms with Crippen molar-refractivity contribution < 1.29 is 4.92 Å². The average Bonchev–Trinajstić information content (AvgIpc) is 2.33. The molecule has 4 heteroatoms. The first-order valence-corrected chi connectivity index (χ1v) is 7.64. The highest BCUT2D eigenvalue weighted by molar-refractivity contribution is 5.32. The van der Waals surface area contributed by atoms with Crippen molar-refractivity contribution in [1.29, 1.82) is 0 Å². The Morgan fingerprint density at radius 1 is 1.14 bits per heavy atom. The van der Waals surface area contributed by atoms with Crippen molar-refractivity contribution >= 4 is 5.69 Å². The Balaban J connectivity index is 1.94. The minimum Gasteiger partial charge on any atom is -0.310 e. The molecule has 1 aromatic rings. The summed E-state index contributed by atoms with van der Waals surface area (Å²) in [4.78, 5) is 10.3. The molecule has 1 fully saturated rings. The van der Waals surface area contributed by atoms with E-state index in [1.807, 2.05) is 12.1 Å². The van der Waals surface area contributed by atoms with Crippen LogP contribution in [0.4, 0.5) is 5.69 Å². The summed E-state index contributed by atoms with van der Waals surface area (Å²) in [5, 5.41) is 14.3. The standard InChI is InChI=1S/C17H26N2O2/c1-16(2)9-14(10-17(3,4)12-16)18-11-13-5-7-15(8-6-13)19(20)21/h5-8,14,18H,9-12H2,1-4H3. The molecule has 21 heavy (non-hydrogen) atoms. The van der Waals surface area contributed by atoms with Gasteiger partial charge in [0.15, 0.2) is 0 Å². The fourth-order valence-electron chi connectivity index (χ4n) is 3.99. The van der Waals surface area contributed by atoms with E-state index in [9.17, 15) is 10.1 Å². The topological polar surface area (TPSA) is 55.2 Å². The van der Waals surface area contributed by atoms with E-state index in [4.69, 9.17) is 0 Å². The summed E-state index contributed by atoms with van der Waals surface area (Å²) in [6.07, 6.45) is 3.63. The first kappa shape index (κ1) is 16.0. The Morgan fingerprint density at radius 2 is 1.67 bits per heavy atom. The van der Waals surface area contributed by atoms with Gasteiger partial charge >= 0.3 is 0 Å². The number of hydrogen-bond donors (Lipinski definition) is 1. The Bertz CT molecular complexity index is 490. The van der Waals surface area contributed by atoms with Gasteiger partial charge in [-0.2, -0.15) is 0 Å². The second-order valence-corrected chi connectivity index (χ2v) is 7.91. The highest BCUT2D eigenvalue weighted by Crippen LogP contribution is 2.45. The first-order valence-electron chi connectivity index (χ1n) is 7.64. The van der Waals surface area contributed by atoms with Crippen LogP contribution in [-0.4, -0.2) is 11.0 Å². The molecule has 1 saturated carbocycles. The Labute approximate surface area is 127 Å². The maximum atomic E-state index is 10.7. The lowest BCUT2D eigenvalue weighted by Gasteiger charge is -2.45. The van der Waals surface area contributed by atoms with Gasteiger partial charge in [-0.1, -0.05) is 39.8 Å². The molecule has 0 atom stereocenters. The summed E-state index contributed by atoms with van der Waals surface area (Å²) in [5.74, 6) is 0. The summed E-state index contributed by atoms with van der Waals surface area (Å²) < 4.78 is 0. The van der Waals surface area contributed by atoms with Crippen LogP contribution >= 0.6 is 0 Å². The summed E-state index contributed by atoms with van der Waals surface area (Å²) in [5.41, 5.74) is 1.99. The molecule has 1 aliphatic carbocycles. The third-order valence-corrected chi connectivity index (χ3v) is 4.30. The van der Waals surface area contributed by atoms with E-state index in [0.717, 1.165) is 12.1 Å². The molecule has 0 spiro atoms. The van der Waals surface area contributed by atoms with Gasteiger partial charge in [0.2, 0.25) is 0 Å². The van der Waals surface area contributed by atoms with E-state index in [2.05, 4.69) is 33.0 Å². The smallest absolute Gasteiger partial charge is 0.269 e. The van der Waals surface area contributed by atoms with Crippen molar-refractivity contribution in [1.82, 2.24) is 5.32 Å². The van der Waals surface area contributed by atoms with Crippen molar-refractivity contribution in [2.45, 2.75) is 59.5 Å². The fourth-order valence-corrected chi connectivity index (χ4v) is 3.99. The third-order valence-electron chi connectivity index (χ3n) is 4.30. The zero-order valence-electron chi connectivity index (χ0n) is 13.5. The molecule has 0 saturated heterocycles. The number of rotatable bonds is 4. The number of non-ortho nitro benzene ring substituents is 1. The van der Waals surface area contributed by atoms with Gasteiger partial charge in [-0.3, -0.25) is 10.1 Å². The van der Waals surface area contributed by atoms with Crippen LogP contribution < -0.4 is 5.32 Å². The number of hydrogen-bond acceptors (Lipinski definition) is 3. The molecule has 2 rings (SSSR count). The Morgan fingerprint density at radius 3 is 2.14 bits per heavy atom. The molecule has 0 unspecified atom stereocenters. The quantitative estimate of drug-likeness (QED) is 0.665. The van der Waals surface area contributed by atoms with E-state index in [-0.39, 0.29) is 10.6 Å². The van der Waals surface area contributed by atoms with Crippen LogP contribution in [-0.2, 0) is 6.54 Å². The molecule has 0 radical (unpaired) electrons. The minimum absolute atomic E-state index is 0.152. The largest absolute Gasteiger partial charge is 0.310 e. The van der Waals surface area contributed by atoms with Crippen LogP contribution in [0.2, 0.25) is 0 Å². The van der Waals surface area contributed by atoms with Gasteiger partial charge in [0.25, 0.3) is 5.69 Å². The maximum absolute atomic E-state index is 10.7. The average molecular weight is 290 g/mol. The summed E-state index contributed by atoms with van der Waals surface area (Å²) in [7, 11) is 0. The number of benzene rings is 1. The van der Waals surface area contributed by atoms with Crippen LogP contribution in [0.5, 0.6) is 0 Å². The molecule has 1 N–H and O–H groups in total. The van der Waals surface area contributed by atoms with Crippen molar-refractivity contribution in [3.8, 4) is 0 Å². The SMILES string of the molecule is CC1(C)CC(NCc2ccc([N+](=O)[O-])cc2)CC(C)(C)C1. The fraction of sp³-hybridized carbons (Fsp3) is 0.647. The number of nitro benzene ring substituents is 1. The maximum Gasteiger partial charge on any atom is 0.269 e. The van der Waals surface area contributed by atoms with Gasteiger partial charge in [0.1, 0.15) is 0 Å². The molecule has 116 valence electrons. The second-order valence-electron chi connectivity index (χ2n) is 7.91. The molecule has 1 aliphatic rings. The van der Waals surface area contributed by atoms with E-state index in [1.165, 1.54) is 19.3 Å². The first-order chi connectivity index (χ1) is 9.67. The molecule has 0 heterocycles. The van der Waals surface area contributed by atoms with Crippen LogP contribution in [0.25, 0.3) is 0 Å². The molecule has 0 amide bonds. The predicted octanol–water partition coefficient (Wildman–Crippen LogP) is 4.29. The zero-order valence-corrected chi connectivity index (χ0v) is 13.5. The zero-order chi connectivity index (χ0) is 15.7. The third kappa shape index (κ3) is 4.53. The van der Waals surface area contributed by atoms with Crippen LogP contribution in [0.1, 0.15) is 52.5 Å². The van der Waals surface area contributed by atoms with Crippen molar-refractivity contribution in [3.05, 3.63) is 39.9 Å². The minimum atomic E-state index is -0.358. The normalized spacial score (nSPS) is 21.1. The Hall–Kier alpha value is -1.42. The van der Waals surface area contributed by atoms with Crippen LogP contribution in [0.15, 0.2) is 24.3 Å². The van der Waals surface area contributed by atoms with Crippen molar-refractivity contribution in [2.75, 3.05) is 0 Å². The summed E-state index contributed by atoms with van der Waals surface area (Å²) in [6.45, 7) is 10.1. The molecule has 0 bridgehead atoms.